The number of rotatable bonds is 6. The number of furan rings is 1. The molecule has 13 aromatic rings. The highest BCUT2D eigenvalue weighted by molar-refractivity contribution is 6.19. The Kier molecular flexibility index (Phi) is 7.57. The Labute approximate surface area is 357 Å². The minimum absolute atomic E-state index is 0.877. The van der Waals surface area contributed by atoms with Crippen molar-refractivity contribution < 1.29 is 4.42 Å². The first-order chi connectivity index (χ1) is 30.8. The average molecular weight is 792 g/mol. The van der Waals surface area contributed by atoms with Crippen LogP contribution in [0.2, 0.25) is 0 Å². The van der Waals surface area contributed by atoms with Crippen LogP contribution < -0.4 is 4.90 Å². The molecule has 0 fully saturated rings. The molecule has 0 unspecified atom stereocenters. The summed E-state index contributed by atoms with van der Waals surface area (Å²) in [7, 11) is 0. The van der Waals surface area contributed by atoms with Crippen molar-refractivity contribution in [1.82, 2.24) is 9.13 Å². The molecule has 0 aliphatic carbocycles. The largest absolute Gasteiger partial charge is 0.456 e. The summed E-state index contributed by atoms with van der Waals surface area (Å²) in [5.74, 6) is 0. The molecule has 0 amide bonds. The van der Waals surface area contributed by atoms with Crippen molar-refractivity contribution in [2.24, 2.45) is 0 Å². The molecule has 62 heavy (non-hydrogen) atoms. The van der Waals surface area contributed by atoms with Gasteiger partial charge in [-0.25, -0.2) is 0 Å². The normalized spacial score (nSPS) is 11.9. The van der Waals surface area contributed by atoms with Crippen LogP contribution in [0.4, 0.5) is 17.1 Å². The van der Waals surface area contributed by atoms with Gasteiger partial charge in [-0.1, -0.05) is 140 Å². The number of benzene rings is 10. The molecule has 290 valence electrons. The molecule has 0 N–H and O–H groups in total. The highest BCUT2D eigenvalue weighted by Crippen LogP contribution is 2.45. The van der Waals surface area contributed by atoms with E-state index in [1.54, 1.807) is 0 Å². The summed E-state index contributed by atoms with van der Waals surface area (Å²) in [4.78, 5) is 2.41. The zero-order chi connectivity index (χ0) is 40.7. The second kappa shape index (κ2) is 13.6. The van der Waals surface area contributed by atoms with Crippen LogP contribution in [-0.2, 0) is 0 Å². The van der Waals surface area contributed by atoms with E-state index in [2.05, 4.69) is 226 Å². The van der Waals surface area contributed by atoms with Crippen LogP contribution in [0.15, 0.2) is 229 Å². The molecule has 10 aromatic carbocycles. The van der Waals surface area contributed by atoms with Crippen LogP contribution in [0.3, 0.4) is 0 Å². The molecule has 0 saturated carbocycles. The quantitative estimate of drug-likeness (QED) is 0.168. The molecule has 0 aliphatic heterocycles. The third kappa shape index (κ3) is 5.20. The standard InChI is InChI=1S/C58H37N3O/c1-2-14-41(15-3-1)60-52-21-10-7-19-49(52)57-53(22-12-23-54(57)60)59(44-34-36-56-50(37-44)47-18-8-11-24-55(47)62-56)42-30-25-38(26-31-42)39-27-32-43(33-28-39)61-51-20-9-6-17-46(51)48-35-29-40-13-4-5-16-45(40)58(48)61/h1-37H. The summed E-state index contributed by atoms with van der Waals surface area (Å²) in [6.45, 7) is 0. The summed E-state index contributed by atoms with van der Waals surface area (Å²) >= 11 is 0. The molecule has 3 aromatic heterocycles. The third-order valence-electron chi connectivity index (χ3n) is 12.7. The predicted molar refractivity (Wildman–Crippen MR) is 260 cm³/mol. The van der Waals surface area contributed by atoms with Gasteiger partial charge in [-0.15, -0.1) is 0 Å². The van der Waals surface area contributed by atoms with Gasteiger partial charge < -0.3 is 18.5 Å². The van der Waals surface area contributed by atoms with E-state index in [4.69, 9.17) is 4.42 Å². The van der Waals surface area contributed by atoms with E-state index in [-0.39, 0.29) is 0 Å². The van der Waals surface area contributed by atoms with Crippen LogP contribution in [0.5, 0.6) is 0 Å². The Hall–Kier alpha value is -8.34. The summed E-state index contributed by atoms with van der Waals surface area (Å²) in [5.41, 5.74) is 14.4. The first-order valence-electron chi connectivity index (χ1n) is 21.2. The molecular weight excluding hydrogens is 755 g/mol. The number of hydrogen-bond donors (Lipinski definition) is 0. The minimum atomic E-state index is 0.877. The average Bonchev–Trinajstić information content (AvgIpc) is 4.00. The van der Waals surface area contributed by atoms with Gasteiger partial charge in [0.05, 0.1) is 27.8 Å². The fourth-order valence-electron chi connectivity index (χ4n) is 9.93. The van der Waals surface area contributed by atoms with E-state index in [0.29, 0.717) is 0 Å². The maximum Gasteiger partial charge on any atom is 0.135 e. The molecule has 0 spiro atoms. The number of hydrogen-bond acceptors (Lipinski definition) is 2. The number of para-hydroxylation sites is 4. The molecule has 0 radical (unpaired) electrons. The Morgan fingerprint density at radius 2 is 0.935 bits per heavy atom. The van der Waals surface area contributed by atoms with Crippen LogP contribution in [0, 0.1) is 0 Å². The van der Waals surface area contributed by atoms with Gasteiger partial charge in [-0.05, 0) is 101 Å². The molecule has 13 rings (SSSR count). The Balaban J connectivity index is 0.960. The first-order valence-corrected chi connectivity index (χ1v) is 21.2. The minimum Gasteiger partial charge on any atom is -0.456 e. The molecular formula is C58H37N3O. The fraction of sp³-hybridized carbons (Fsp3) is 0. The van der Waals surface area contributed by atoms with Gasteiger partial charge in [0.25, 0.3) is 0 Å². The van der Waals surface area contributed by atoms with Gasteiger partial charge in [0.2, 0.25) is 0 Å². The molecule has 0 aliphatic rings. The topological polar surface area (TPSA) is 26.2 Å². The fourth-order valence-corrected chi connectivity index (χ4v) is 9.93. The summed E-state index contributed by atoms with van der Waals surface area (Å²) in [5, 5.41) is 9.63. The zero-order valence-corrected chi connectivity index (χ0v) is 33.6. The third-order valence-corrected chi connectivity index (χ3v) is 12.7. The molecule has 0 saturated heterocycles. The Morgan fingerprint density at radius 3 is 1.74 bits per heavy atom. The summed E-state index contributed by atoms with van der Waals surface area (Å²) in [6, 6.07) is 81.0. The van der Waals surface area contributed by atoms with Crippen molar-refractivity contribution in [3.05, 3.63) is 224 Å². The van der Waals surface area contributed by atoms with Gasteiger partial charge in [0.1, 0.15) is 11.2 Å². The molecule has 0 bridgehead atoms. The van der Waals surface area contributed by atoms with Crippen molar-refractivity contribution >= 4 is 93.4 Å². The predicted octanol–water partition coefficient (Wildman–Crippen LogP) is 16.1. The van der Waals surface area contributed by atoms with Crippen molar-refractivity contribution in [1.29, 1.82) is 0 Å². The lowest BCUT2D eigenvalue weighted by atomic mass is 10.0. The van der Waals surface area contributed by atoms with Gasteiger partial charge >= 0.3 is 0 Å². The van der Waals surface area contributed by atoms with Gasteiger partial charge in [-0.2, -0.15) is 0 Å². The highest BCUT2D eigenvalue weighted by Gasteiger charge is 2.22. The zero-order valence-electron chi connectivity index (χ0n) is 33.6. The number of nitrogens with zero attached hydrogens (tertiary/aromatic N) is 3. The highest BCUT2D eigenvalue weighted by atomic mass is 16.3. The number of anilines is 3. The van der Waals surface area contributed by atoms with Crippen LogP contribution in [0.1, 0.15) is 0 Å². The monoisotopic (exact) mass is 791 g/mol. The Morgan fingerprint density at radius 1 is 0.339 bits per heavy atom. The number of aromatic nitrogens is 2. The lowest BCUT2D eigenvalue weighted by Gasteiger charge is -2.27. The molecule has 0 atom stereocenters. The van der Waals surface area contributed by atoms with E-state index in [1.807, 2.05) is 12.1 Å². The maximum absolute atomic E-state index is 6.31. The summed E-state index contributed by atoms with van der Waals surface area (Å²) in [6.07, 6.45) is 0. The van der Waals surface area contributed by atoms with Crippen LogP contribution >= 0.6 is 0 Å². The second-order valence-electron chi connectivity index (χ2n) is 16.1. The van der Waals surface area contributed by atoms with Crippen molar-refractivity contribution in [3.63, 3.8) is 0 Å². The van der Waals surface area contributed by atoms with E-state index >= 15 is 0 Å². The second-order valence-corrected chi connectivity index (χ2v) is 16.1. The summed E-state index contributed by atoms with van der Waals surface area (Å²) < 4.78 is 11.1. The van der Waals surface area contributed by atoms with E-state index in [1.165, 1.54) is 48.9 Å². The van der Waals surface area contributed by atoms with Crippen LogP contribution in [-0.4, -0.2) is 9.13 Å². The molecule has 4 heteroatoms. The maximum atomic E-state index is 6.31. The number of fused-ring (bicyclic) bond motifs is 11. The van der Waals surface area contributed by atoms with E-state index in [0.717, 1.165) is 67.0 Å². The molecule has 3 heterocycles. The first kappa shape index (κ1) is 34.5. The lowest BCUT2D eigenvalue weighted by Crippen LogP contribution is -2.10. The van der Waals surface area contributed by atoms with Crippen molar-refractivity contribution in [2.75, 3.05) is 4.90 Å². The van der Waals surface area contributed by atoms with Gasteiger partial charge in [0, 0.05) is 60.5 Å². The van der Waals surface area contributed by atoms with Crippen LogP contribution in [0.25, 0.3) is 98.8 Å². The van der Waals surface area contributed by atoms with Crippen molar-refractivity contribution in [3.8, 4) is 22.5 Å². The molecule has 4 nitrogen and oxygen atoms in total. The lowest BCUT2D eigenvalue weighted by molar-refractivity contribution is 0.669. The van der Waals surface area contributed by atoms with Crippen molar-refractivity contribution in [2.45, 2.75) is 0 Å². The van der Waals surface area contributed by atoms with Gasteiger partial charge in [0.15, 0.2) is 0 Å². The smallest absolute Gasteiger partial charge is 0.135 e. The SMILES string of the molecule is c1ccc(-n2c3ccccc3c3c(N(c4ccc(-c5ccc(-n6c7ccccc7c7ccc8ccccc8c76)cc5)cc4)c4ccc5oc6ccccc6c5c4)cccc32)cc1. The Bertz CT molecular complexity index is 3850. The van der Waals surface area contributed by atoms with Gasteiger partial charge in [-0.3, -0.25) is 0 Å². The van der Waals surface area contributed by atoms with E-state index in [9.17, 15) is 0 Å². The van der Waals surface area contributed by atoms with E-state index < -0.39 is 0 Å².